The van der Waals surface area contributed by atoms with Crippen LogP contribution in [0.2, 0.25) is 0 Å². The van der Waals surface area contributed by atoms with Crippen LogP contribution >= 0.6 is 0 Å². The summed E-state index contributed by atoms with van der Waals surface area (Å²) in [7, 11) is 0. The molecule has 20 heavy (non-hydrogen) atoms. The summed E-state index contributed by atoms with van der Waals surface area (Å²) >= 11 is 0. The van der Waals surface area contributed by atoms with E-state index in [2.05, 4.69) is 23.3 Å². The van der Waals surface area contributed by atoms with Crippen molar-refractivity contribution in [2.45, 2.75) is 44.9 Å². The van der Waals surface area contributed by atoms with Crippen molar-refractivity contribution < 1.29 is 4.42 Å². The average molecular weight is 271 g/mol. The number of furan rings is 1. The average Bonchev–Trinajstić information content (AvgIpc) is 3.17. The van der Waals surface area contributed by atoms with Crippen molar-refractivity contribution in [3.63, 3.8) is 0 Å². The summed E-state index contributed by atoms with van der Waals surface area (Å²) in [6.45, 7) is 3.09. The lowest BCUT2D eigenvalue weighted by Crippen LogP contribution is -2.07. The molecule has 1 aliphatic carbocycles. The van der Waals surface area contributed by atoms with Gasteiger partial charge in [-0.05, 0) is 25.3 Å². The van der Waals surface area contributed by atoms with Crippen molar-refractivity contribution in [2.24, 2.45) is 0 Å². The Hall–Kier alpha value is -1.84. The van der Waals surface area contributed by atoms with Crippen molar-refractivity contribution in [3.05, 3.63) is 30.4 Å². The van der Waals surface area contributed by atoms with Crippen LogP contribution in [0.4, 0.5) is 5.82 Å². The van der Waals surface area contributed by atoms with Crippen LogP contribution in [0.25, 0.3) is 11.4 Å². The fraction of sp³-hybridized carbons (Fsp3) is 0.500. The summed E-state index contributed by atoms with van der Waals surface area (Å²) in [6, 6.07) is 4.03. The van der Waals surface area contributed by atoms with E-state index in [9.17, 15) is 0 Å². The third-order valence-electron chi connectivity index (χ3n) is 3.85. The van der Waals surface area contributed by atoms with Gasteiger partial charge in [0.25, 0.3) is 0 Å². The molecule has 2 aromatic heterocycles. The van der Waals surface area contributed by atoms with E-state index in [0.29, 0.717) is 5.92 Å². The molecule has 1 fully saturated rings. The van der Waals surface area contributed by atoms with E-state index < -0.39 is 0 Å². The highest BCUT2D eigenvalue weighted by Crippen LogP contribution is 2.34. The highest BCUT2D eigenvalue weighted by atomic mass is 16.3. The summed E-state index contributed by atoms with van der Waals surface area (Å²) in [4.78, 5) is 9.36. The highest BCUT2D eigenvalue weighted by Gasteiger charge is 2.20. The van der Waals surface area contributed by atoms with Gasteiger partial charge in [0, 0.05) is 24.2 Å². The molecule has 1 N–H and O–H groups in total. The van der Waals surface area contributed by atoms with E-state index in [1.807, 2.05) is 6.07 Å². The first-order valence-electron chi connectivity index (χ1n) is 7.52. The van der Waals surface area contributed by atoms with E-state index >= 15 is 0 Å². The van der Waals surface area contributed by atoms with E-state index in [0.717, 1.165) is 30.2 Å². The van der Waals surface area contributed by atoms with Gasteiger partial charge in [0.2, 0.25) is 0 Å². The molecule has 1 saturated carbocycles. The van der Waals surface area contributed by atoms with Gasteiger partial charge in [-0.25, -0.2) is 9.97 Å². The van der Waals surface area contributed by atoms with Gasteiger partial charge in [0.1, 0.15) is 12.1 Å². The van der Waals surface area contributed by atoms with Gasteiger partial charge >= 0.3 is 0 Å². The monoisotopic (exact) mass is 271 g/mol. The zero-order valence-corrected chi connectivity index (χ0v) is 11.9. The topological polar surface area (TPSA) is 51.0 Å². The number of hydrogen-bond acceptors (Lipinski definition) is 4. The molecule has 106 valence electrons. The lowest BCUT2D eigenvalue weighted by atomic mass is 10.0. The molecule has 0 amide bonds. The maximum absolute atomic E-state index is 5.15. The van der Waals surface area contributed by atoms with Crippen molar-refractivity contribution in [1.82, 2.24) is 9.97 Å². The van der Waals surface area contributed by atoms with Crippen LogP contribution in [0.1, 0.15) is 50.6 Å². The standard InChI is InChI=1S/C16H21N3O/c1-2-8-17-15-10-14(12-5-3-4-6-12)18-16(19-15)13-7-9-20-11-13/h7,9-12H,2-6,8H2,1H3,(H,17,18,19). The Morgan fingerprint density at radius 3 is 2.85 bits per heavy atom. The second-order valence-corrected chi connectivity index (χ2v) is 5.42. The maximum Gasteiger partial charge on any atom is 0.165 e. The fourth-order valence-corrected chi connectivity index (χ4v) is 2.76. The van der Waals surface area contributed by atoms with Crippen molar-refractivity contribution >= 4 is 5.82 Å². The molecule has 0 atom stereocenters. The summed E-state index contributed by atoms with van der Waals surface area (Å²) in [5, 5.41) is 3.38. The molecule has 0 bridgehead atoms. The number of nitrogens with zero attached hydrogens (tertiary/aromatic N) is 2. The van der Waals surface area contributed by atoms with Crippen LogP contribution in [0.15, 0.2) is 29.1 Å². The number of hydrogen-bond donors (Lipinski definition) is 1. The summed E-state index contributed by atoms with van der Waals surface area (Å²) in [5.41, 5.74) is 2.12. The number of rotatable bonds is 5. The van der Waals surface area contributed by atoms with Crippen molar-refractivity contribution in [3.8, 4) is 11.4 Å². The Labute approximate surface area is 119 Å². The van der Waals surface area contributed by atoms with Gasteiger partial charge in [-0.1, -0.05) is 19.8 Å². The molecule has 3 rings (SSSR count). The molecule has 0 unspecified atom stereocenters. The molecular weight excluding hydrogens is 250 g/mol. The molecule has 0 spiro atoms. The highest BCUT2D eigenvalue weighted by molar-refractivity contribution is 5.56. The Morgan fingerprint density at radius 2 is 2.15 bits per heavy atom. The molecule has 4 heteroatoms. The van der Waals surface area contributed by atoms with Gasteiger partial charge in [-0.15, -0.1) is 0 Å². The molecule has 0 saturated heterocycles. The second-order valence-electron chi connectivity index (χ2n) is 5.42. The Morgan fingerprint density at radius 1 is 1.30 bits per heavy atom. The Kier molecular flexibility index (Phi) is 4.00. The lowest BCUT2D eigenvalue weighted by molar-refractivity contribution is 0.568. The second kappa shape index (κ2) is 6.07. The molecule has 0 aromatic carbocycles. The maximum atomic E-state index is 5.15. The van der Waals surface area contributed by atoms with E-state index in [4.69, 9.17) is 9.40 Å². The molecule has 2 heterocycles. The van der Waals surface area contributed by atoms with E-state index in [1.54, 1.807) is 12.5 Å². The summed E-state index contributed by atoms with van der Waals surface area (Å²) < 4.78 is 5.15. The number of nitrogens with one attached hydrogen (secondary N) is 1. The van der Waals surface area contributed by atoms with Crippen LogP contribution in [0, 0.1) is 0 Å². The quantitative estimate of drug-likeness (QED) is 0.884. The lowest BCUT2D eigenvalue weighted by Gasteiger charge is -2.12. The Balaban J connectivity index is 1.94. The van der Waals surface area contributed by atoms with Crippen LogP contribution in [-0.4, -0.2) is 16.5 Å². The number of anilines is 1. The van der Waals surface area contributed by atoms with Crippen LogP contribution < -0.4 is 5.32 Å². The van der Waals surface area contributed by atoms with Gasteiger partial charge in [0.05, 0.1) is 11.8 Å². The molecule has 0 radical (unpaired) electrons. The first-order chi connectivity index (χ1) is 9.86. The third-order valence-corrected chi connectivity index (χ3v) is 3.85. The molecular formula is C16H21N3O. The SMILES string of the molecule is CCCNc1cc(C2CCCC2)nc(-c2ccoc2)n1. The van der Waals surface area contributed by atoms with Gasteiger partial charge in [0.15, 0.2) is 5.82 Å². The molecule has 0 aliphatic heterocycles. The predicted octanol–water partition coefficient (Wildman–Crippen LogP) is 4.22. The first kappa shape index (κ1) is 13.2. The van der Waals surface area contributed by atoms with Gasteiger partial charge in [-0.3, -0.25) is 0 Å². The minimum Gasteiger partial charge on any atom is -0.472 e. The molecule has 1 aliphatic rings. The number of aromatic nitrogens is 2. The molecule has 4 nitrogen and oxygen atoms in total. The molecule has 2 aromatic rings. The van der Waals surface area contributed by atoms with Crippen molar-refractivity contribution in [2.75, 3.05) is 11.9 Å². The zero-order valence-electron chi connectivity index (χ0n) is 11.9. The predicted molar refractivity (Wildman–Crippen MR) is 79.7 cm³/mol. The van der Waals surface area contributed by atoms with Crippen LogP contribution in [-0.2, 0) is 0 Å². The van der Waals surface area contributed by atoms with Gasteiger partial charge in [-0.2, -0.15) is 0 Å². The van der Waals surface area contributed by atoms with Crippen molar-refractivity contribution in [1.29, 1.82) is 0 Å². The zero-order chi connectivity index (χ0) is 13.8. The minimum absolute atomic E-state index is 0.589. The normalized spacial score (nSPS) is 15.7. The smallest absolute Gasteiger partial charge is 0.165 e. The largest absolute Gasteiger partial charge is 0.472 e. The first-order valence-corrected chi connectivity index (χ1v) is 7.52. The fourth-order valence-electron chi connectivity index (χ4n) is 2.76. The van der Waals surface area contributed by atoms with E-state index in [1.165, 1.54) is 31.4 Å². The Bertz CT molecular complexity index is 545. The van der Waals surface area contributed by atoms with E-state index in [-0.39, 0.29) is 0 Å². The summed E-state index contributed by atoms with van der Waals surface area (Å²) in [5.74, 6) is 2.28. The third kappa shape index (κ3) is 2.84. The van der Waals surface area contributed by atoms with Crippen LogP contribution in [0.5, 0.6) is 0 Å². The minimum atomic E-state index is 0.589. The van der Waals surface area contributed by atoms with Crippen LogP contribution in [0.3, 0.4) is 0 Å². The van der Waals surface area contributed by atoms with Gasteiger partial charge < -0.3 is 9.73 Å². The summed E-state index contributed by atoms with van der Waals surface area (Å²) in [6.07, 6.45) is 9.58.